The largest absolute Gasteiger partial charge is 0.496 e. The van der Waals surface area contributed by atoms with Gasteiger partial charge in [0.2, 0.25) is 0 Å². The maximum Gasteiger partial charge on any atom is 0.147 e. The molecule has 2 aromatic heterocycles. The number of carbonyl (C=O) groups is 1. The van der Waals surface area contributed by atoms with Crippen LogP contribution in [0.15, 0.2) is 97.5 Å². The van der Waals surface area contributed by atoms with E-state index in [-0.39, 0.29) is 5.78 Å². The lowest BCUT2D eigenvalue weighted by Gasteiger charge is -2.36. The number of fused-ring (bicyclic) bond motifs is 1. The van der Waals surface area contributed by atoms with Gasteiger partial charge in [-0.25, -0.2) is 4.98 Å². The monoisotopic (exact) mass is 529 g/mol. The van der Waals surface area contributed by atoms with Crippen molar-refractivity contribution in [2.24, 2.45) is 0 Å². The first kappa shape index (κ1) is 25.5. The van der Waals surface area contributed by atoms with Gasteiger partial charge in [-0.1, -0.05) is 48.5 Å². The number of carbonyl (C=O) groups excluding carboxylic acids is 1. The number of hydrogen-bond donors (Lipinski definition) is 0. The van der Waals surface area contributed by atoms with Crippen LogP contribution in [0.4, 0.5) is 11.5 Å². The number of ketones is 1. The molecular weight excluding hydrogens is 498 g/mol. The van der Waals surface area contributed by atoms with E-state index in [9.17, 15) is 4.79 Å². The molecule has 40 heavy (non-hydrogen) atoms. The van der Waals surface area contributed by atoms with Crippen molar-refractivity contribution in [2.45, 2.75) is 12.8 Å². The van der Waals surface area contributed by atoms with Crippen molar-refractivity contribution in [3.63, 3.8) is 0 Å². The molecule has 5 aromatic rings. The van der Waals surface area contributed by atoms with Crippen molar-refractivity contribution in [2.75, 3.05) is 43.1 Å². The van der Waals surface area contributed by atoms with Crippen LogP contribution >= 0.6 is 0 Å². The van der Waals surface area contributed by atoms with E-state index in [0.29, 0.717) is 12.8 Å². The molecule has 3 heterocycles. The minimum absolute atomic E-state index is 0.160. The van der Waals surface area contributed by atoms with Crippen molar-refractivity contribution < 1.29 is 9.53 Å². The second kappa shape index (κ2) is 11.5. The number of ether oxygens (including phenoxy) is 1. The highest BCUT2D eigenvalue weighted by atomic mass is 16.5. The summed E-state index contributed by atoms with van der Waals surface area (Å²) in [4.78, 5) is 31.2. The molecule has 3 aromatic carbocycles. The minimum atomic E-state index is 0.160. The van der Waals surface area contributed by atoms with Gasteiger partial charge in [0.1, 0.15) is 17.4 Å². The first-order valence-electron chi connectivity index (χ1n) is 13.6. The van der Waals surface area contributed by atoms with E-state index in [1.807, 2.05) is 61.1 Å². The Bertz CT molecular complexity index is 1610. The predicted octanol–water partition coefficient (Wildman–Crippen LogP) is 5.38. The quantitative estimate of drug-likeness (QED) is 0.267. The van der Waals surface area contributed by atoms with Gasteiger partial charge in [0.15, 0.2) is 0 Å². The zero-order chi connectivity index (χ0) is 27.3. The average molecular weight is 530 g/mol. The lowest BCUT2D eigenvalue weighted by atomic mass is 9.99. The van der Waals surface area contributed by atoms with Crippen molar-refractivity contribution in [1.29, 1.82) is 0 Å². The summed E-state index contributed by atoms with van der Waals surface area (Å²) in [7, 11) is 1.63. The van der Waals surface area contributed by atoms with Crippen LogP contribution in [0.2, 0.25) is 0 Å². The first-order valence-corrected chi connectivity index (χ1v) is 13.6. The lowest BCUT2D eigenvalue weighted by Crippen LogP contribution is -2.46. The molecule has 0 aliphatic carbocycles. The molecule has 6 rings (SSSR count). The van der Waals surface area contributed by atoms with E-state index in [2.05, 4.69) is 56.2 Å². The summed E-state index contributed by atoms with van der Waals surface area (Å²) in [5.74, 6) is 1.82. The number of benzene rings is 3. The normalized spacial score (nSPS) is 13.4. The average Bonchev–Trinajstić information content (AvgIpc) is 3.01. The number of rotatable bonds is 8. The molecule has 0 unspecified atom stereocenters. The third kappa shape index (κ3) is 5.64. The number of anilines is 2. The van der Waals surface area contributed by atoms with Crippen LogP contribution in [0.3, 0.4) is 0 Å². The van der Waals surface area contributed by atoms with Gasteiger partial charge in [0, 0.05) is 62.7 Å². The summed E-state index contributed by atoms with van der Waals surface area (Å²) < 4.78 is 5.39. The number of nitrogens with zero attached hydrogens (tertiary/aromatic N) is 5. The number of hydrogen-bond acceptors (Lipinski definition) is 7. The van der Waals surface area contributed by atoms with Gasteiger partial charge in [-0.05, 0) is 47.0 Å². The molecule has 0 bridgehead atoms. The van der Waals surface area contributed by atoms with Gasteiger partial charge >= 0.3 is 0 Å². The van der Waals surface area contributed by atoms with E-state index in [1.165, 1.54) is 5.69 Å². The summed E-state index contributed by atoms with van der Waals surface area (Å²) in [6.07, 6.45) is 6.30. The molecule has 7 nitrogen and oxygen atoms in total. The van der Waals surface area contributed by atoms with E-state index < -0.39 is 0 Å². The minimum Gasteiger partial charge on any atom is -0.496 e. The van der Waals surface area contributed by atoms with Crippen molar-refractivity contribution >= 4 is 28.3 Å². The molecule has 200 valence electrons. The van der Waals surface area contributed by atoms with Gasteiger partial charge in [-0.2, -0.15) is 0 Å². The number of methoxy groups -OCH3 is 1. The Balaban J connectivity index is 1.13. The van der Waals surface area contributed by atoms with Crippen molar-refractivity contribution in [1.82, 2.24) is 15.0 Å². The molecule has 0 N–H and O–H groups in total. The molecule has 0 amide bonds. The number of aromatic nitrogens is 3. The second-order valence-corrected chi connectivity index (χ2v) is 10.0. The fourth-order valence-electron chi connectivity index (χ4n) is 5.25. The summed E-state index contributed by atoms with van der Waals surface area (Å²) in [6.45, 7) is 3.63. The highest BCUT2D eigenvalue weighted by Crippen LogP contribution is 2.26. The molecule has 1 aliphatic rings. The highest BCUT2D eigenvalue weighted by molar-refractivity contribution is 5.85. The fraction of sp³-hybridized carbons (Fsp3) is 0.212. The third-order valence-electron chi connectivity index (χ3n) is 7.43. The molecule has 0 spiro atoms. The number of Topliss-reactive ketones (excluding diaryl/α,β-unsaturated/α-hetero) is 1. The van der Waals surface area contributed by atoms with Crippen molar-refractivity contribution in [3.05, 3.63) is 109 Å². The summed E-state index contributed by atoms with van der Waals surface area (Å²) in [6, 6.07) is 26.2. The molecule has 1 fully saturated rings. The van der Waals surface area contributed by atoms with Crippen LogP contribution in [0, 0.1) is 0 Å². The maximum atomic E-state index is 12.7. The molecule has 1 aliphatic heterocycles. The second-order valence-electron chi connectivity index (χ2n) is 10.0. The maximum absolute atomic E-state index is 12.7. The summed E-state index contributed by atoms with van der Waals surface area (Å²) in [5.41, 5.74) is 7.03. The fourth-order valence-corrected chi connectivity index (χ4v) is 5.25. The highest BCUT2D eigenvalue weighted by Gasteiger charge is 2.19. The van der Waals surface area contributed by atoms with Gasteiger partial charge in [-0.15, -0.1) is 0 Å². The van der Waals surface area contributed by atoms with Crippen LogP contribution in [-0.2, 0) is 17.6 Å². The zero-order valence-corrected chi connectivity index (χ0v) is 22.5. The summed E-state index contributed by atoms with van der Waals surface area (Å²) >= 11 is 0. The van der Waals surface area contributed by atoms with E-state index in [1.54, 1.807) is 7.11 Å². The molecule has 1 saturated heterocycles. The Morgan fingerprint density at radius 1 is 0.800 bits per heavy atom. The molecule has 7 heteroatoms. The SMILES string of the molecule is COc1ccccc1CC(=O)Cc1ccc(-c2ccc3ncc(N4CCN(c5ccncc5)CC4)nc3c2)cc1. The Kier molecular flexibility index (Phi) is 7.35. The standard InChI is InChI=1S/C33H31N5O2/c1-40-32-5-3-2-4-27(32)21-29(39)20-24-6-8-25(9-7-24)26-10-11-30-31(22-26)36-33(23-35-30)38-18-16-37(17-19-38)28-12-14-34-15-13-28/h2-15,22-23H,16-21H2,1H3. The van der Waals surface area contributed by atoms with Gasteiger partial charge < -0.3 is 14.5 Å². The van der Waals surface area contributed by atoms with Gasteiger partial charge in [-0.3, -0.25) is 14.8 Å². The number of pyridine rings is 1. The Hall–Kier alpha value is -4.78. The molecule has 0 radical (unpaired) electrons. The van der Waals surface area contributed by atoms with Crippen LogP contribution in [0.25, 0.3) is 22.2 Å². The van der Waals surface area contributed by atoms with E-state index in [4.69, 9.17) is 9.72 Å². The number of para-hydroxylation sites is 1. The smallest absolute Gasteiger partial charge is 0.147 e. The Labute approximate surface area is 234 Å². The Morgan fingerprint density at radius 3 is 2.30 bits per heavy atom. The number of piperazine rings is 1. The van der Waals surface area contributed by atoms with E-state index in [0.717, 1.165) is 71.0 Å². The Morgan fingerprint density at radius 2 is 1.52 bits per heavy atom. The molecular formula is C33H31N5O2. The van der Waals surface area contributed by atoms with Gasteiger partial charge in [0.25, 0.3) is 0 Å². The van der Waals surface area contributed by atoms with Crippen LogP contribution < -0.4 is 14.5 Å². The molecule has 0 atom stereocenters. The lowest BCUT2D eigenvalue weighted by molar-refractivity contribution is -0.117. The van der Waals surface area contributed by atoms with Crippen LogP contribution in [0.1, 0.15) is 11.1 Å². The van der Waals surface area contributed by atoms with Crippen LogP contribution in [0.5, 0.6) is 5.75 Å². The zero-order valence-electron chi connectivity index (χ0n) is 22.5. The van der Waals surface area contributed by atoms with E-state index >= 15 is 0 Å². The van der Waals surface area contributed by atoms with Crippen molar-refractivity contribution in [3.8, 4) is 16.9 Å². The topological polar surface area (TPSA) is 71.5 Å². The first-order chi connectivity index (χ1) is 19.7. The van der Waals surface area contributed by atoms with Crippen LogP contribution in [-0.4, -0.2) is 54.0 Å². The summed E-state index contributed by atoms with van der Waals surface area (Å²) in [5, 5.41) is 0. The molecule has 0 saturated carbocycles. The van der Waals surface area contributed by atoms with Gasteiger partial charge in [0.05, 0.1) is 24.3 Å². The third-order valence-corrected chi connectivity index (χ3v) is 7.43. The predicted molar refractivity (Wildman–Crippen MR) is 159 cm³/mol.